The third kappa shape index (κ3) is 3.52. The highest BCUT2D eigenvalue weighted by atomic mass is 35.5. The molecule has 1 saturated heterocycles. The van der Waals surface area contributed by atoms with Crippen LogP contribution in [0.3, 0.4) is 0 Å². The lowest BCUT2D eigenvalue weighted by Gasteiger charge is -2.37. The normalized spacial score (nSPS) is 19.7. The van der Waals surface area contributed by atoms with Crippen LogP contribution in [-0.4, -0.2) is 38.0 Å². The van der Waals surface area contributed by atoms with Crippen molar-refractivity contribution in [3.05, 3.63) is 27.7 Å². The van der Waals surface area contributed by atoms with Crippen LogP contribution in [0, 0.1) is 0 Å². The molecule has 118 valence electrons. The number of nitrogens with two attached hydrogens (primary N) is 1. The summed E-state index contributed by atoms with van der Waals surface area (Å²) in [4.78, 5) is 0.0340. The van der Waals surface area contributed by atoms with E-state index in [0.717, 1.165) is 0 Å². The monoisotopic (exact) mass is 352 g/mol. The lowest BCUT2D eigenvalue weighted by atomic mass is 10.1. The van der Waals surface area contributed by atoms with Gasteiger partial charge in [0.1, 0.15) is 4.90 Å². The molecular weight excluding hydrogens is 335 g/mol. The largest absolute Gasteiger partial charge is 0.373 e. The molecule has 1 aromatic rings. The highest BCUT2D eigenvalue weighted by Gasteiger charge is 2.36. The van der Waals surface area contributed by atoms with Crippen LogP contribution in [0.5, 0.6) is 0 Å². The van der Waals surface area contributed by atoms with Gasteiger partial charge in [-0.2, -0.15) is 4.31 Å². The summed E-state index contributed by atoms with van der Waals surface area (Å²) in [6.45, 7) is 4.76. The second kappa shape index (κ2) is 6.02. The Morgan fingerprint density at radius 2 is 2.00 bits per heavy atom. The number of halogens is 2. The Hall–Kier alpha value is -0.370. The lowest BCUT2D eigenvalue weighted by Crippen LogP contribution is -2.50. The molecule has 0 bridgehead atoms. The predicted molar refractivity (Wildman–Crippen MR) is 83.1 cm³/mol. The summed E-state index contributed by atoms with van der Waals surface area (Å²) in [5.74, 6) is 0. The molecule has 2 N–H and O–H groups in total. The molecule has 8 heteroatoms. The Morgan fingerprint density at radius 3 is 2.57 bits per heavy atom. The van der Waals surface area contributed by atoms with E-state index >= 15 is 0 Å². The number of benzene rings is 1. The summed E-state index contributed by atoms with van der Waals surface area (Å²) < 4.78 is 32.5. The van der Waals surface area contributed by atoms with Crippen LogP contribution in [0.2, 0.25) is 10.0 Å². The number of morpholine rings is 1. The molecule has 0 atom stereocenters. The SMILES string of the molecule is CC1(C)CN(S(=O)(=O)c2cc(CN)c(Cl)cc2Cl)CCO1. The van der Waals surface area contributed by atoms with E-state index in [1.54, 1.807) is 0 Å². The van der Waals surface area contributed by atoms with Gasteiger partial charge in [0.2, 0.25) is 10.0 Å². The average molecular weight is 353 g/mol. The minimum Gasteiger partial charge on any atom is -0.373 e. The van der Waals surface area contributed by atoms with Gasteiger partial charge < -0.3 is 10.5 Å². The molecule has 5 nitrogen and oxygen atoms in total. The van der Waals surface area contributed by atoms with E-state index in [0.29, 0.717) is 23.7 Å². The van der Waals surface area contributed by atoms with Crippen LogP contribution in [0.1, 0.15) is 19.4 Å². The van der Waals surface area contributed by atoms with E-state index < -0.39 is 15.6 Å². The van der Waals surface area contributed by atoms with Gasteiger partial charge in [-0.05, 0) is 31.5 Å². The summed E-state index contributed by atoms with van der Waals surface area (Å²) >= 11 is 12.1. The zero-order valence-electron chi connectivity index (χ0n) is 11.9. The summed E-state index contributed by atoms with van der Waals surface area (Å²) in [5, 5.41) is 0.463. The van der Waals surface area contributed by atoms with Gasteiger partial charge in [0.15, 0.2) is 0 Å². The first-order valence-electron chi connectivity index (χ1n) is 6.49. The molecule has 1 fully saturated rings. The molecule has 0 spiro atoms. The van der Waals surface area contributed by atoms with Crippen molar-refractivity contribution in [2.75, 3.05) is 19.7 Å². The maximum atomic E-state index is 12.8. The molecule has 1 aromatic carbocycles. The average Bonchev–Trinajstić information content (AvgIpc) is 2.37. The number of rotatable bonds is 3. The number of hydrogen-bond donors (Lipinski definition) is 1. The second-order valence-corrected chi connectivity index (χ2v) is 8.25. The number of nitrogens with zero attached hydrogens (tertiary/aromatic N) is 1. The van der Waals surface area contributed by atoms with Gasteiger partial charge in [-0.25, -0.2) is 8.42 Å². The topological polar surface area (TPSA) is 72.6 Å². The third-order valence-electron chi connectivity index (χ3n) is 3.33. The molecule has 0 unspecified atom stereocenters. The minimum atomic E-state index is -3.71. The van der Waals surface area contributed by atoms with E-state index in [1.165, 1.54) is 16.4 Å². The van der Waals surface area contributed by atoms with Crippen LogP contribution < -0.4 is 5.73 Å². The molecule has 0 aliphatic carbocycles. The molecular formula is C13H18Cl2N2O3S. The fraction of sp³-hybridized carbons (Fsp3) is 0.538. The first kappa shape index (κ1) is 17.0. The van der Waals surface area contributed by atoms with Crippen LogP contribution in [0.4, 0.5) is 0 Å². The molecule has 0 amide bonds. The van der Waals surface area contributed by atoms with Crippen molar-refractivity contribution in [2.24, 2.45) is 5.73 Å². The van der Waals surface area contributed by atoms with Gasteiger partial charge >= 0.3 is 0 Å². The Morgan fingerprint density at radius 1 is 1.33 bits per heavy atom. The van der Waals surface area contributed by atoms with Gasteiger partial charge in [-0.1, -0.05) is 23.2 Å². The number of hydrogen-bond acceptors (Lipinski definition) is 4. The van der Waals surface area contributed by atoms with Crippen LogP contribution in [0.25, 0.3) is 0 Å². The van der Waals surface area contributed by atoms with Gasteiger partial charge in [0.05, 0.1) is 17.2 Å². The first-order valence-corrected chi connectivity index (χ1v) is 8.69. The standard InChI is InChI=1S/C13H18Cl2N2O3S/c1-13(2)8-17(3-4-20-13)21(18,19)12-5-9(7-16)10(14)6-11(12)15/h5-6H,3-4,7-8,16H2,1-2H3. The Balaban J connectivity index is 2.44. The van der Waals surface area contributed by atoms with Crippen molar-refractivity contribution < 1.29 is 13.2 Å². The van der Waals surface area contributed by atoms with Gasteiger partial charge in [0, 0.05) is 24.7 Å². The highest BCUT2D eigenvalue weighted by Crippen LogP contribution is 2.32. The van der Waals surface area contributed by atoms with Crippen molar-refractivity contribution in [1.29, 1.82) is 0 Å². The van der Waals surface area contributed by atoms with Gasteiger partial charge in [0.25, 0.3) is 0 Å². The van der Waals surface area contributed by atoms with E-state index in [9.17, 15) is 8.42 Å². The second-order valence-electron chi connectivity index (χ2n) is 5.52. The molecule has 0 aromatic heterocycles. The number of sulfonamides is 1. The minimum absolute atomic E-state index is 0.0340. The van der Waals surface area contributed by atoms with Crippen LogP contribution in [-0.2, 0) is 21.3 Å². The summed E-state index contributed by atoms with van der Waals surface area (Å²) in [6.07, 6.45) is 0. The van der Waals surface area contributed by atoms with Gasteiger partial charge in [-0.3, -0.25) is 0 Å². The molecule has 2 rings (SSSR count). The molecule has 0 saturated carbocycles. The van der Waals surface area contributed by atoms with Crippen molar-refractivity contribution in [3.8, 4) is 0 Å². The van der Waals surface area contributed by atoms with Crippen LogP contribution >= 0.6 is 23.2 Å². The molecule has 1 aliphatic heterocycles. The first-order chi connectivity index (χ1) is 9.67. The van der Waals surface area contributed by atoms with Crippen molar-refractivity contribution in [2.45, 2.75) is 30.9 Å². The quantitative estimate of drug-likeness (QED) is 0.905. The van der Waals surface area contributed by atoms with E-state index in [1.807, 2.05) is 13.8 Å². The summed E-state index contributed by atoms with van der Waals surface area (Å²) in [7, 11) is -3.71. The zero-order chi connectivity index (χ0) is 15.8. The molecule has 0 radical (unpaired) electrons. The third-order valence-corrected chi connectivity index (χ3v) is 5.99. The summed E-state index contributed by atoms with van der Waals surface area (Å²) in [5.41, 5.74) is 5.60. The van der Waals surface area contributed by atoms with Crippen LogP contribution in [0.15, 0.2) is 17.0 Å². The van der Waals surface area contributed by atoms with E-state index in [2.05, 4.69) is 0 Å². The Bertz CT molecular complexity index is 647. The lowest BCUT2D eigenvalue weighted by molar-refractivity contribution is -0.0640. The summed E-state index contributed by atoms with van der Waals surface area (Å²) in [6, 6.07) is 2.87. The molecule has 1 aliphatic rings. The molecule has 21 heavy (non-hydrogen) atoms. The van der Waals surface area contributed by atoms with Gasteiger partial charge in [-0.15, -0.1) is 0 Å². The Labute approximate surface area is 135 Å². The van der Waals surface area contributed by atoms with Crippen molar-refractivity contribution in [3.63, 3.8) is 0 Å². The zero-order valence-corrected chi connectivity index (χ0v) is 14.2. The highest BCUT2D eigenvalue weighted by molar-refractivity contribution is 7.89. The van der Waals surface area contributed by atoms with E-state index in [-0.39, 0.29) is 23.0 Å². The fourth-order valence-corrected chi connectivity index (χ4v) is 4.67. The van der Waals surface area contributed by atoms with Crippen molar-refractivity contribution >= 4 is 33.2 Å². The fourth-order valence-electron chi connectivity index (χ4n) is 2.24. The smallest absolute Gasteiger partial charge is 0.244 e. The molecule has 1 heterocycles. The maximum Gasteiger partial charge on any atom is 0.244 e. The Kier molecular flexibility index (Phi) is 4.87. The number of ether oxygens (including phenoxy) is 1. The maximum absolute atomic E-state index is 12.8. The predicted octanol–water partition coefficient (Wildman–Crippen LogP) is 2.25. The van der Waals surface area contributed by atoms with Crippen molar-refractivity contribution in [1.82, 2.24) is 4.31 Å². The van der Waals surface area contributed by atoms with E-state index in [4.69, 9.17) is 33.7 Å².